The molecule has 0 saturated carbocycles. The minimum atomic E-state index is 0.0506. The Kier molecular flexibility index (Phi) is 5.25. The van der Waals surface area contributed by atoms with E-state index < -0.39 is 0 Å². The van der Waals surface area contributed by atoms with Crippen LogP contribution in [-0.2, 0) is 13.1 Å². The van der Waals surface area contributed by atoms with Gasteiger partial charge in [0.05, 0.1) is 6.54 Å². The number of piperidine rings is 1. The Bertz CT molecular complexity index is 668. The molecule has 1 unspecified atom stereocenters. The lowest BCUT2D eigenvalue weighted by Crippen LogP contribution is -2.41. The number of hydrogen-bond donors (Lipinski definition) is 0. The van der Waals surface area contributed by atoms with Crippen molar-refractivity contribution in [1.29, 1.82) is 0 Å². The zero-order valence-electron chi connectivity index (χ0n) is 14.4. The number of amides is 1. The van der Waals surface area contributed by atoms with Gasteiger partial charge in [-0.2, -0.15) is 5.10 Å². The van der Waals surface area contributed by atoms with Gasteiger partial charge in [-0.15, -0.1) is 0 Å². The third kappa shape index (κ3) is 4.00. The number of aromatic nitrogens is 3. The first kappa shape index (κ1) is 16.6. The zero-order chi connectivity index (χ0) is 16.9. The van der Waals surface area contributed by atoms with Crippen LogP contribution < -0.4 is 0 Å². The molecule has 24 heavy (non-hydrogen) atoms. The van der Waals surface area contributed by atoms with E-state index in [0.29, 0.717) is 6.04 Å². The second-order valence-electron chi connectivity index (χ2n) is 6.64. The quantitative estimate of drug-likeness (QED) is 0.843. The molecule has 0 aliphatic carbocycles. The summed E-state index contributed by atoms with van der Waals surface area (Å²) in [6, 6.07) is 8.45. The average molecular weight is 327 g/mol. The first-order valence-electron chi connectivity index (χ1n) is 8.50. The first-order valence-corrected chi connectivity index (χ1v) is 8.50. The van der Waals surface area contributed by atoms with Crippen molar-refractivity contribution in [2.75, 3.05) is 20.6 Å². The molecule has 6 heteroatoms. The number of carbonyl (C=O) groups excluding carboxylic acids is 1. The molecule has 1 saturated heterocycles. The molecule has 0 radical (unpaired) electrons. The Labute approximate surface area is 143 Å². The van der Waals surface area contributed by atoms with Gasteiger partial charge in [0.25, 0.3) is 5.91 Å². The molecule has 6 nitrogen and oxygen atoms in total. The predicted octanol–water partition coefficient (Wildman–Crippen LogP) is 2.03. The van der Waals surface area contributed by atoms with Crippen molar-refractivity contribution >= 4 is 5.91 Å². The van der Waals surface area contributed by atoms with Crippen LogP contribution in [0.5, 0.6) is 0 Å². The molecular weight excluding hydrogens is 302 g/mol. The van der Waals surface area contributed by atoms with E-state index in [1.165, 1.54) is 24.8 Å². The van der Waals surface area contributed by atoms with Gasteiger partial charge in [-0.05, 0) is 37.1 Å². The largest absolute Gasteiger partial charge is 0.345 e. The normalized spacial score (nSPS) is 18.5. The third-order valence-electron chi connectivity index (χ3n) is 4.58. The van der Waals surface area contributed by atoms with Crippen molar-refractivity contribution < 1.29 is 4.79 Å². The van der Waals surface area contributed by atoms with Gasteiger partial charge in [0, 0.05) is 32.2 Å². The Morgan fingerprint density at radius 2 is 2.21 bits per heavy atom. The fraction of sp³-hybridized carbons (Fsp3) is 0.500. The molecule has 3 rings (SSSR count). The lowest BCUT2D eigenvalue weighted by molar-refractivity contribution is 0.0827. The average Bonchev–Trinajstić information content (AvgIpc) is 3.09. The van der Waals surface area contributed by atoms with E-state index in [2.05, 4.69) is 21.0 Å². The van der Waals surface area contributed by atoms with E-state index in [1.54, 1.807) is 31.6 Å². The molecule has 0 N–H and O–H groups in total. The maximum atomic E-state index is 12.2. The van der Waals surface area contributed by atoms with E-state index >= 15 is 0 Å². The van der Waals surface area contributed by atoms with E-state index in [-0.39, 0.29) is 5.91 Å². The molecule has 1 aromatic carbocycles. The van der Waals surface area contributed by atoms with Gasteiger partial charge in [-0.1, -0.05) is 18.6 Å². The number of hydrogen-bond acceptors (Lipinski definition) is 4. The molecular formula is C18H25N5O. The molecule has 2 aromatic rings. The van der Waals surface area contributed by atoms with E-state index in [1.807, 2.05) is 22.9 Å². The van der Waals surface area contributed by atoms with Crippen molar-refractivity contribution in [3.63, 3.8) is 0 Å². The molecule has 1 fully saturated rings. The number of benzene rings is 1. The summed E-state index contributed by atoms with van der Waals surface area (Å²) in [7, 11) is 3.57. The first-order chi connectivity index (χ1) is 11.6. The number of nitrogens with zero attached hydrogens (tertiary/aromatic N) is 5. The van der Waals surface area contributed by atoms with Crippen LogP contribution in [0.1, 0.15) is 35.2 Å². The Morgan fingerprint density at radius 1 is 1.33 bits per heavy atom. The summed E-state index contributed by atoms with van der Waals surface area (Å²) in [5.74, 6) is 0.0506. The summed E-state index contributed by atoms with van der Waals surface area (Å²) >= 11 is 0. The summed E-state index contributed by atoms with van der Waals surface area (Å²) in [4.78, 5) is 20.3. The minimum absolute atomic E-state index is 0.0506. The highest BCUT2D eigenvalue weighted by Gasteiger charge is 2.23. The van der Waals surface area contributed by atoms with E-state index in [4.69, 9.17) is 0 Å². The van der Waals surface area contributed by atoms with Crippen LogP contribution in [0.25, 0.3) is 0 Å². The summed E-state index contributed by atoms with van der Waals surface area (Å²) in [5.41, 5.74) is 1.94. The van der Waals surface area contributed by atoms with Crippen molar-refractivity contribution in [2.45, 2.75) is 38.4 Å². The van der Waals surface area contributed by atoms with E-state index in [0.717, 1.165) is 25.2 Å². The van der Waals surface area contributed by atoms with Crippen LogP contribution in [0.4, 0.5) is 0 Å². The fourth-order valence-electron chi connectivity index (χ4n) is 3.31. The van der Waals surface area contributed by atoms with Crippen LogP contribution in [0, 0.1) is 0 Å². The van der Waals surface area contributed by atoms with Gasteiger partial charge >= 0.3 is 0 Å². The smallest absolute Gasteiger partial charge is 0.253 e. The van der Waals surface area contributed by atoms with Crippen molar-refractivity contribution in [2.24, 2.45) is 0 Å². The van der Waals surface area contributed by atoms with Gasteiger partial charge in [-0.3, -0.25) is 14.4 Å². The second kappa shape index (κ2) is 7.57. The molecule has 2 heterocycles. The molecule has 0 bridgehead atoms. The van der Waals surface area contributed by atoms with Gasteiger partial charge in [0.1, 0.15) is 12.7 Å². The highest BCUT2D eigenvalue weighted by Crippen LogP contribution is 2.21. The molecule has 1 atom stereocenters. The maximum Gasteiger partial charge on any atom is 0.253 e. The van der Waals surface area contributed by atoms with Crippen LogP contribution in [0.2, 0.25) is 0 Å². The highest BCUT2D eigenvalue weighted by atomic mass is 16.2. The van der Waals surface area contributed by atoms with Crippen molar-refractivity contribution in [3.05, 3.63) is 48.0 Å². The Balaban J connectivity index is 1.71. The lowest BCUT2D eigenvalue weighted by Gasteiger charge is -2.35. The zero-order valence-corrected chi connectivity index (χ0v) is 14.4. The van der Waals surface area contributed by atoms with E-state index in [9.17, 15) is 4.79 Å². The number of carbonyl (C=O) groups is 1. The Hall–Kier alpha value is -2.21. The maximum absolute atomic E-state index is 12.2. The van der Waals surface area contributed by atoms with Gasteiger partial charge in [0.2, 0.25) is 0 Å². The van der Waals surface area contributed by atoms with Gasteiger partial charge < -0.3 is 4.90 Å². The van der Waals surface area contributed by atoms with Crippen molar-refractivity contribution in [3.8, 4) is 0 Å². The number of rotatable bonds is 5. The van der Waals surface area contributed by atoms with Gasteiger partial charge in [-0.25, -0.2) is 4.98 Å². The molecule has 1 amide bonds. The second-order valence-corrected chi connectivity index (χ2v) is 6.64. The Morgan fingerprint density at radius 3 is 2.96 bits per heavy atom. The highest BCUT2D eigenvalue weighted by molar-refractivity contribution is 5.94. The summed E-state index contributed by atoms with van der Waals surface area (Å²) in [6.07, 6.45) is 7.03. The molecule has 0 spiro atoms. The summed E-state index contributed by atoms with van der Waals surface area (Å²) in [5, 5.41) is 4.24. The van der Waals surface area contributed by atoms with Crippen LogP contribution >= 0.6 is 0 Å². The van der Waals surface area contributed by atoms with Crippen LogP contribution in [0.15, 0.2) is 36.9 Å². The third-order valence-corrected chi connectivity index (χ3v) is 4.58. The standard InChI is InChI=1S/C18H25N5O/c1-21(2)18(24)16-7-5-6-15(10-16)11-22-9-4-3-8-17(22)12-23-14-19-13-20-23/h5-7,10,13-14,17H,3-4,8-9,11-12H2,1-2H3. The van der Waals surface area contributed by atoms with Crippen molar-refractivity contribution in [1.82, 2.24) is 24.6 Å². The fourth-order valence-corrected chi connectivity index (χ4v) is 3.31. The minimum Gasteiger partial charge on any atom is -0.345 e. The topological polar surface area (TPSA) is 54.3 Å². The summed E-state index contributed by atoms with van der Waals surface area (Å²) < 4.78 is 1.91. The van der Waals surface area contributed by atoms with Crippen LogP contribution in [0.3, 0.4) is 0 Å². The summed E-state index contributed by atoms with van der Waals surface area (Å²) in [6.45, 7) is 2.83. The molecule has 1 aliphatic heterocycles. The molecule has 128 valence electrons. The lowest BCUT2D eigenvalue weighted by atomic mass is 10.0. The predicted molar refractivity (Wildman–Crippen MR) is 92.5 cm³/mol. The van der Waals surface area contributed by atoms with Gasteiger partial charge in [0.15, 0.2) is 0 Å². The monoisotopic (exact) mass is 327 g/mol. The number of likely N-dealkylation sites (tertiary alicyclic amines) is 1. The molecule has 1 aromatic heterocycles. The molecule has 1 aliphatic rings. The SMILES string of the molecule is CN(C)C(=O)c1cccc(CN2CCCCC2Cn2cncn2)c1. The van der Waals surface area contributed by atoms with Crippen LogP contribution in [-0.4, -0.2) is 57.2 Å².